The van der Waals surface area contributed by atoms with Gasteiger partial charge < -0.3 is 19.0 Å². The molecule has 3 aromatic rings. The SMILES string of the molecule is CN(CCOc1ccc(F)cc1)C(=O)C1CCN(c2nc3ccccc3o2)CC1. The summed E-state index contributed by atoms with van der Waals surface area (Å²) in [6, 6.07) is 14.2. The summed E-state index contributed by atoms with van der Waals surface area (Å²) in [4.78, 5) is 21.1. The standard InChI is InChI=1S/C22H24FN3O3/c1-25(14-15-28-18-8-6-17(23)7-9-18)21(27)16-10-12-26(13-11-16)22-24-19-4-2-3-5-20(19)29-22/h2-9,16H,10-15H2,1H3. The molecule has 1 amide bonds. The molecule has 0 radical (unpaired) electrons. The average molecular weight is 397 g/mol. The Balaban J connectivity index is 1.25. The molecule has 29 heavy (non-hydrogen) atoms. The number of anilines is 1. The van der Waals surface area contributed by atoms with Crippen molar-refractivity contribution in [2.45, 2.75) is 12.8 Å². The molecule has 2 heterocycles. The number of ether oxygens (including phenoxy) is 1. The maximum Gasteiger partial charge on any atom is 0.298 e. The van der Waals surface area contributed by atoms with Crippen molar-refractivity contribution in [2.75, 3.05) is 38.2 Å². The number of halogens is 1. The zero-order valence-electron chi connectivity index (χ0n) is 16.4. The summed E-state index contributed by atoms with van der Waals surface area (Å²) in [6.07, 6.45) is 1.53. The number of carbonyl (C=O) groups excluding carboxylic acids is 1. The number of fused-ring (bicyclic) bond motifs is 1. The molecular formula is C22H24FN3O3. The molecule has 4 rings (SSSR count). The van der Waals surface area contributed by atoms with Crippen molar-refractivity contribution < 1.29 is 18.3 Å². The molecule has 7 heteroatoms. The van der Waals surface area contributed by atoms with Crippen LogP contribution in [0.5, 0.6) is 5.75 Å². The van der Waals surface area contributed by atoms with Crippen LogP contribution in [0.4, 0.5) is 10.4 Å². The van der Waals surface area contributed by atoms with Gasteiger partial charge in [-0.05, 0) is 49.2 Å². The van der Waals surface area contributed by atoms with Gasteiger partial charge in [0.25, 0.3) is 6.01 Å². The molecular weight excluding hydrogens is 373 g/mol. The molecule has 0 spiro atoms. The number of carbonyl (C=O) groups is 1. The minimum atomic E-state index is -0.297. The molecule has 1 saturated heterocycles. The van der Waals surface area contributed by atoms with Gasteiger partial charge in [0.2, 0.25) is 5.91 Å². The zero-order chi connectivity index (χ0) is 20.2. The third-order valence-corrected chi connectivity index (χ3v) is 5.28. The molecule has 0 aliphatic carbocycles. The van der Waals surface area contributed by atoms with E-state index >= 15 is 0 Å². The van der Waals surface area contributed by atoms with Crippen molar-refractivity contribution >= 4 is 23.0 Å². The van der Waals surface area contributed by atoms with Crippen LogP contribution in [-0.2, 0) is 4.79 Å². The van der Waals surface area contributed by atoms with Crippen LogP contribution in [0.15, 0.2) is 52.9 Å². The second kappa shape index (κ2) is 8.51. The van der Waals surface area contributed by atoms with Gasteiger partial charge in [-0.2, -0.15) is 4.98 Å². The van der Waals surface area contributed by atoms with Crippen molar-refractivity contribution in [1.82, 2.24) is 9.88 Å². The van der Waals surface area contributed by atoms with E-state index in [0.29, 0.717) is 24.9 Å². The Labute approximate surface area is 168 Å². The lowest BCUT2D eigenvalue weighted by molar-refractivity contribution is -0.135. The number of oxazole rings is 1. The van der Waals surface area contributed by atoms with Crippen molar-refractivity contribution in [3.05, 3.63) is 54.3 Å². The van der Waals surface area contributed by atoms with Crippen LogP contribution >= 0.6 is 0 Å². The molecule has 2 aromatic carbocycles. The van der Waals surface area contributed by atoms with Gasteiger partial charge >= 0.3 is 0 Å². The van der Waals surface area contributed by atoms with Gasteiger partial charge in [0.05, 0.1) is 6.54 Å². The number of amides is 1. The number of nitrogens with zero attached hydrogens (tertiary/aromatic N) is 3. The minimum Gasteiger partial charge on any atom is -0.492 e. The summed E-state index contributed by atoms with van der Waals surface area (Å²) < 4.78 is 24.3. The highest BCUT2D eigenvalue weighted by molar-refractivity contribution is 5.79. The zero-order valence-corrected chi connectivity index (χ0v) is 16.4. The fourth-order valence-electron chi connectivity index (χ4n) is 3.57. The monoisotopic (exact) mass is 397 g/mol. The maximum atomic E-state index is 12.9. The summed E-state index contributed by atoms with van der Waals surface area (Å²) in [5.41, 5.74) is 1.63. The number of piperidine rings is 1. The van der Waals surface area contributed by atoms with Crippen molar-refractivity contribution in [2.24, 2.45) is 5.92 Å². The molecule has 0 bridgehead atoms. The Morgan fingerprint density at radius 1 is 1.21 bits per heavy atom. The van der Waals surface area contributed by atoms with E-state index in [0.717, 1.165) is 37.0 Å². The first-order valence-corrected chi connectivity index (χ1v) is 9.84. The first-order chi connectivity index (χ1) is 14.1. The second-order valence-corrected chi connectivity index (χ2v) is 7.29. The van der Waals surface area contributed by atoms with E-state index in [1.807, 2.05) is 24.3 Å². The molecule has 0 saturated carbocycles. The fraction of sp³-hybridized carbons (Fsp3) is 0.364. The van der Waals surface area contributed by atoms with Crippen LogP contribution in [0, 0.1) is 11.7 Å². The highest BCUT2D eigenvalue weighted by Gasteiger charge is 2.29. The predicted octanol–water partition coefficient (Wildman–Crippen LogP) is 3.72. The maximum absolute atomic E-state index is 12.9. The van der Waals surface area contributed by atoms with E-state index in [9.17, 15) is 9.18 Å². The van der Waals surface area contributed by atoms with E-state index in [2.05, 4.69) is 9.88 Å². The van der Waals surface area contributed by atoms with Crippen molar-refractivity contribution in [1.29, 1.82) is 0 Å². The normalized spacial score (nSPS) is 14.9. The molecule has 152 valence electrons. The fourth-order valence-corrected chi connectivity index (χ4v) is 3.57. The number of aromatic nitrogens is 1. The Morgan fingerprint density at radius 3 is 2.66 bits per heavy atom. The summed E-state index contributed by atoms with van der Waals surface area (Å²) >= 11 is 0. The van der Waals surface area contributed by atoms with Gasteiger partial charge in [0.15, 0.2) is 5.58 Å². The minimum absolute atomic E-state index is 0.00792. The van der Waals surface area contributed by atoms with Gasteiger partial charge in [0.1, 0.15) is 23.7 Å². The largest absolute Gasteiger partial charge is 0.492 e. The smallest absolute Gasteiger partial charge is 0.298 e. The lowest BCUT2D eigenvalue weighted by Gasteiger charge is -2.32. The Hall–Kier alpha value is -3.09. The number of likely N-dealkylation sites (N-methyl/N-ethyl adjacent to an activating group) is 1. The summed E-state index contributed by atoms with van der Waals surface area (Å²) in [5, 5.41) is 0. The molecule has 1 fully saturated rings. The molecule has 0 unspecified atom stereocenters. The summed E-state index contributed by atoms with van der Waals surface area (Å²) in [6.45, 7) is 2.34. The number of para-hydroxylation sites is 2. The lowest BCUT2D eigenvalue weighted by Crippen LogP contribution is -2.42. The molecule has 0 N–H and O–H groups in total. The Morgan fingerprint density at radius 2 is 1.93 bits per heavy atom. The van der Waals surface area contributed by atoms with E-state index in [4.69, 9.17) is 9.15 Å². The molecule has 1 aliphatic rings. The topological polar surface area (TPSA) is 58.8 Å². The van der Waals surface area contributed by atoms with Gasteiger partial charge in [-0.3, -0.25) is 4.79 Å². The highest BCUT2D eigenvalue weighted by atomic mass is 19.1. The van der Waals surface area contributed by atoms with E-state index in [-0.39, 0.29) is 17.6 Å². The van der Waals surface area contributed by atoms with E-state index in [1.165, 1.54) is 12.1 Å². The third kappa shape index (κ3) is 4.50. The number of rotatable bonds is 6. The van der Waals surface area contributed by atoms with Gasteiger partial charge in [0, 0.05) is 26.1 Å². The number of hydrogen-bond acceptors (Lipinski definition) is 5. The molecule has 1 aromatic heterocycles. The van der Waals surface area contributed by atoms with Crippen molar-refractivity contribution in [3.8, 4) is 5.75 Å². The van der Waals surface area contributed by atoms with E-state index in [1.54, 1.807) is 24.1 Å². The van der Waals surface area contributed by atoms with Crippen LogP contribution in [0.25, 0.3) is 11.1 Å². The van der Waals surface area contributed by atoms with Crippen LogP contribution in [0.1, 0.15) is 12.8 Å². The lowest BCUT2D eigenvalue weighted by atomic mass is 9.95. The molecule has 1 aliphatic heterocycles. The van der Waals surface area contributed by atoms with Gasteiger partial charge in [-0.15, -0.1) is 0 Å². The van der Waals surface area contributed by atoms with Crippen molar-refractivity contribution in [3.63, 3.8) is 0 Å². The van der Waals surface area contributed by atoms with Crippen LogP contribution < -0.4 is 9.64 Å². The average Bonchev–Trinajstić information content (AvgIpc) is 3.19. The van der Waals surface area contributed by atoms with Crippen LogP contribution in [0.2, 0.25) is 0 Å². The molecule has 0 atom stereocenters. The summed E-state index contributed by atoms with van der Waals surface area (Å²) in [5.74, 6) is 0.420. The van der Waals surface area contributed by atoms with Gasteiger partial charge in [-0.25, -0.2) is 4.39 Å². The van der Waals surface area contributed by atoms with Gasteiger partial charge in [-0.1, -0.05) is 12.1 Å². The first kappa shape index (κ1) is 19.2. The number of benzene rings is 2. The summed E-state index contributed by atoms with van der Waals surface area (Å²) in [7, 11) is 1.80. The first-order valence-electron chi connectivity index (χ1n) is 9.84. The van der Waals surface area contributed by atoms with E-state index < -0.39 is 0 Å². The quantitative estimate of drug-likeness (QED) is 0.635. The highest BCUT2D eigenvalue weighted by Crippen LogP contribution is 2.27. The second-order valence-electron chi connectivity index (χ2n) is 7.29. The Kier molecular flexibility index (Phi) is 5.64. The van der Waals surface area contributed by atoms with Crippen LogP contribution in [-0.4, -0.2) is 49.1 Å². The third-order valence-electron chi connectivity index (χ3n) is 5.28. The predicted molar refractivity (Wildman–Crippen MR) is 108 cm³/mol. The molecule has 6 nitrogen and oxygen atoms in total. The number of hydrogen-bond donors (Lipinski definition) is 0. The Bertz CT molecular complexity index is 932. The van der Waals surface area contributed by atoms with Crippen LogP contribution in [0.3, 0.4) is 0 Å².